The molecule has 0 radical (unpaired) electrons. The number of hydrogen-bond acceptors (Lipinski definition) is 4. The van der Waals surface area contributed by atoms with Crippen LogP contribution in [0.3, 0.4) is 0 Å². The van der Waals surface area contributed by atoms with E-state index in [1.165, 1.54) is 0 Å². The predicted molar refractivity (Wildman–Crippen MR) is 112 cm³/mol. The van der Waals surface area contributed by atoms with Crippen molar-refractivity contribution in [1.29, 1.82) is 0 Å². The van der Waals surface area contributed by atoms with Crippen LogP contribution < -0.4 is 11.5 Å². The number of anilines is 2. The second kappa shape index (κ2) is 6.95. The minimum absolute atomic E-state index is 0.262. The molecular formula is C20H15Cl2N5. The van der Waals surface area contributed by atoms with Crippen LogP contribution in [-0.4, -0.2) is 15.0 Å². The van der Waals surface area contributed by atoms with Gasteiger partial charge in [0, 0.05) is 5.56 Å². The van der Waals surface area contributed by atoms with Crippen LogP contribution >= 0.6 is 23.2 Å². The highest BCUT2D eigenvalue weighted by Gasteiger charge is 2.19. The van der Waals surface area contributed by atoms with Gasteiger partial charge >= 0.3 is 0 Å². The van der Waals surface area contributed by atoms with Crippen LogP contribution in [0.15, 0.2) is 60.7 Å². The summed E-state index contributed by atoms with van der Waals surface area (Å²) in [4.78, 5) is 12.5. The van der Waals surface area contributed by atoms with Crippen LogP contribution in [0.1, 0.15) is 0 Å². The third-order valence-electron chi connectivity index (χ3n) is 4.16. The lowest BCUT2D eigenvalue weighted by Gasteiger charge is -2.05. The molecule has 4 rings (SSSR count). The van der Waals surface area contributed by atoms with E-state index in [2.05, 4.69) is 9.97 Å². The number of benzene rings is 2. The summed E-state index contributed by atoms with van der Waals surface area (Å²) >= 11 is 12.7. The van der Waals surface area contributed by atoms with Crippen molar-refractivity contribution >= 4 is 34.7 Å². The van der Waals surface area contributed by atoms with Crippen molar-refractivity contribution in [3.05, 3.63) is 70.7 Å². The van der Waals surface area contributed by atoms with Gasteiger partial charge in [0.2, 0.25) is 0 Å². The summed E-state index contributed by atoms with van der Waals surface area (Å²) in [6.07, 6.45) is 0. The smallest absolute Gasteiger partial charge is 0.147 e. The molecule has 7 heteroatoms. The van der Waals surface area contributed by atoms with E-state index in [9.17, 15) is 0 Å². The molecule has 0 saturated carbocycles. The summed E-state index contributed by atoms with van der Waals surface area (Å²) in [6, 6.07) is 18.6. The lowest BCUT2D eigenvalue weighted by atomic mass is 10.1. The second-order valence-electron chi connectivity index (χ2n) is 5.94. The maximum absolute atomic E-state index is 6.37. The molecule has 5 N–H and O–H groups in total. The number of aromatic nitrogens is 3. The summed E-state index contributed by atoms with van der Waals surface area (Å²) in [7, 11) is 0. The minimum atomic E-state index is 0.262. The Morgan fingerprint density at radius 2 is 1.48 bits per heavy atom. The van der Waals surface area contributed by atoms with Crippen molar-refractivity contribution in [2.45, 2.75) is 0 Å². The van der Waals surface area contributed by atoms with Crippen LogP contribution in [0.25, 0.3) is 34.0 Å². The summed E-state index contributed by atoms with van der Waals surface area (Å²) in [5.41, 5.74) is 15.7. The van der Waals surface area contributed by atoms with Gasteiger partial charge < -0.3 is 16.5 Å². The number of aromatic amines is 1. The van der Waals surface area contributed by atoms with Crippen LogP contribution in [0.2, 0.25) is 10.0 Å². The zero-order valence-corrected chi connectivity index (χ0v) is 15.6. The maximum Gasteiger partial charge on any atom is 0.147 e. The minimum Gasteiger partial charge on any atom is -0.396 e. The first kappa shape index (κ1) is 17.4. The number of H-pyrrole nitrogens is 1. The predicted octanol–water partition coefficient (Wildman–Crippen LogP) is 5.28. The topological polar surface area (TPSA) is 93.6 Å². The van der Waals surface area contributed by atoms with Gasteiger partial charge in [0.05, 0.1) is 38.4 Å². The first-order valence-electron chi connectivity index (χ1n) is 8.17. The van der Waals surface area contributed by atoms with Gasteiger partial charge in [0.15, 0.2) is 0 Å². The molecule has 5 nitrogen and oxygen atoms in total. The number of imidazole rings is 1. The van der Waals surface area contributed by atoms with Crippen molar-refractivity contribution in [1.82, 2.24) is 15.0 Å². The second-order valence-corrected chi connectivity index (χ2v) is 6.76. The maximum atomic E-state index is 6.37. The van der Waals surface area contributed by atoms with Gasteiger partial charge in [-0.15, -0.1) is 0 Å². The number of nitrogens with two attached hydrogens (primary N) is 2. The van der Waals surface area contributed by atoms with Gasteiger partial charge in [0.25, 0.3) is 0 Å². The quantitative estimate of drug-likeness (QED) is 0.439. The third-order valence-corrected chi connectivity index (χ3v) is 4.79. The molecule has 0 amide bonds. The van der Waals surface area contributed by atoms with Crippen molar-refractivity contribution < 1.29 is 0 Å². The molecule has 0 saturated heterocycles. The molecule has 134 valence electrons. The molecule has 0 aliphatic carbocycles. The van der Waals surface area contributed by atoms with E-state index in [0.717, 1.165) is 11.3 Å². The van der Waals surface area contributed by atoms with Gasteiger partial charge in [-0.05, 0) is 24.3 Å². The molecule has 0 aliphatic rings. The molecule has 2 aromatic carbocycles. The van der Waals surface area contributed by atoms with Gasteiger partial charge in [-0.25, -0.2) is 9.97 Å². The van der Waals surface area contributed by atoms with E-state index in [1.807, 2.05) is 30.3 Å². The summed E-state index contributed by atoms with van der Waals surface area (Å²) in [5, 5.41) is 1.01. The third kappa shape index (κ3) is 3.23. The Hall–Kier alpha value is -3.02. The number of halogens is 2. The van der Waals surface area contributed by atoms with Crippen molar-refractivity contribution in [3.63, 3.8) is 0 Å². The number of nitrogens with one attached hydrogen (secondary N) is 1. The molecular weight excluding hydrogens is 381 g/mol. The number of nitrogen functional groups attached to an aromatic ring is 2. The van der Waals surface area contributed by atoms with Crippen LogP contribution in [-0.2, 0) is 0 Å². The highest BCUT2D eigenvalue weighted by Crippen LogP contribution is 2.38. The molecule has 0 fully saturated rings. The van der Waals surface area contributed by atoms with Crippen molar-refractivity contribution in [2.24, 2.45) is 0 Å². The van der Waals surface area contributed by atoms with E-state index in [-0.39, 0.29) is 5.82 Å². The number of hydrogen-bond donors (Lipinski definition) is 3. The first-order valence-corrected chi connectivity index (χ1v) is 8.92. The lowest BCUT2D eigenvalue weighted by Crippen LogP contribution is -1.99. The Morgan fingerprint density at radius 1 is 0.778 bits per heavy atom. The highest BCUT2D eigenvalue weighted by atomic mass is 35.5. The average molecular weight is 396 g/mol. The zero-order valence-electron chi connectivity index (χ0n) is 14.1. The van der Waals surface area contributed by atoms with Gasteiger partial charge in [0.1, 0.15) is 11.6 Å². The van der Waals surface area contributed by atoms with Gasteiger partial charge in [-0.1, -0.05) is 59.6 Å². The standard InChI is InChI=1S/C20H15Cl2N5/c21-12-7-4-8-13(22)16(12)20-26-17(11-5-2-1-3-6-11)18(27-20)15-10-9-14(23)19(24)25-15/h1-10H,23H2,(H2,24,25)(H,26,27). The first-order chi connectivity index (χ1) is 13.0. The highest BCUT2D eigenvalue weighted by molar-refractivity contribution is 6.39. The molecule has 0 bridgehead atoms. The molecule has 2 heterocycles. The fraction of sp³-hybridized carbons (Fsp3) is 0. The van der Waals surface area contributed by atoms with Crippen molar-refractivity contribution in [3.8, 4) is 34.0 Å². The molecule has 2 aromatic heterocycles. The fourth-order valence-corrected chi connectivity index (χ4v) is 3.41. The Balaban J connectivity index is 1.97. The largest absolute Gasteiger partial charge is 0.396 e. The monoisotopic (exact) mass is 395 g/mol. The molecule has 27 heavy (non-hydrogen) atoms. The number of pyridine rings is 1. The summed E-state index contributed by atoms with van der Waals surface area (Å²) in [6.45, 7) is 0. The average Bonchev–Trinajstić information content (AvgIpc) is 3.09. The van der Waals surface area contributed by atoms with Crippen LogP contribution in [0.5, 0.6) is 0 Å². The Morgan fingerprint density at radius 3 is 2.15 bits per heavy atom. The normalized spacial score (nSPS) is 10.9. The molecule has 0 spiro atoms. The van der Waals surface area contributed by atoms with Gasteiger partial charge in [-0.2, -0.15) is 0 Å². The molecule has 0 unspecified atom stereocenters. The van der Waals surface area contributed by atoms with E-state index >= 15 is 0 Å². The fourth-order valence-electron chi connectivity index (χ4n) is 2.83. The summed E-state index contributed by atoms with van der Waals surface area (Å²) < 4.78 is 0. The van der Waals surface area contributed by atoms with Crippen LogP contribution in [0, 0.1) is 0 Å². The van der Waals surface area contributed by atoms with E-state index in [0.29, 0.717) is 38.5 Å². The Kier molecular flexibility index (Phi) is 4.48. The van der Waals surface area contributed by atoms with E-state index < -0.39 is 0 Å². The van der Waals surface area contributed by atoms with E-state index in [4.69, 9.17) is 39.7 Å². The Bertz CT molecular complexity index is 1100. The summed E-state index contributed by atoms with van der Waals surface area (Å²) in [5.74, 6) is 0.815. The molecule has 0 atom stereocenters. The van der Waals surface area contributed by atoms with Gasteiger partial charge in [-0.3, -0.25) is 0 Å². The SMILES string of the molecule is Nc1ccc(-c2[nH]c(-c3c(Cl)cccc3Cl)nc2-c2ccccc2)nc1N. The number of rotatable bonds is 3. The Labute approximate surface area is 166 Å². The van der Waals surface area contributed by atoms with E-state index in [1.54, 1.807) is 30.3 Å². The van der Waals surface area contributed by atoms with Crippen molar-refractivity contribution in [2.75, 3.05) is 11.5 Å². The lowest BCUT2D eigenvalue weighted by molar-refractivity contribution is 1.28. The van der Waals surface area contributed by atoms with Crippen LogP contribution in [0.4, 0.5) is 11.5 Å². The number of nitrogens with zero attached hydrogens (tertiary/aromatic N) is 2. The zero-order chi connectivity index (χ0) is 19.0. The molecule has 0 aliphatic heterocycles. The molecule has 4 aromatic rings.